The predicted octanol–water partition coefficient (Wildman–Crippen LogP) is -1.61. The van der Waals surface area contributed by atoms with Gasteiger partial charge in [0.15, 0.2) is 0 Å². The minimum Gasteiger partial charge on any atom is -0.508 e. The molecule has 0 bridgehead atoms. The first-order chi connectivity index (χ1) is 19.5. The molecule has 0 saturated carbocycles. The number of nitrogens with one attached hydrogen (secondary N) is 4. The van der Waals surface area contributed by atoms with Crippen LogP contribution in [0.3, 0.4) is 0 Å². The lowest BCUT2D eigenvalue weighted by Gasteiger charge is -2.24. The van der Waals surface area contributed by atoms with Crippen LogP contribution in [0.5, 0.6) is 5.75 Å². The summed E-state index contributed by atoms with van der Waals surface area (Å²) in [6.07, 6.45) is 0.979. The van der Waals surface area contributed by atoms with E-state index in [9.17, 15) is 39.3 Å². The topological polar surface area (TPSA) is 250 Å². The van der Waals surface area contributed by atoms with Gasteiger partial charge in [0, 0.05) is 29.9 Å². The number of primary amides is 1. The molecule has 0 spiro atoms. The maximum atomic E-state index is 13.4. The van der Waals surface area contributed by atoms with Gasteiger partial charge in [-0.15, -0.1) is 0 Å². The molecule has 4 atom stereocenters. The lowest BCUT2D eigenvalue weighted by atomic mass is 10.0. The summed E-state index contributed by atoms with van der Waals surface area (Å²) < 4.78 is 0. The Hall–Kier alpha value is -4.95. The average molecular weight is 569 g/mol. The van der Waals surface area contributed by atoms with Crippen molar-refractivity contribution in [3.05, 3.63) is 65.9 Å². The fourth-order valence-electron chi connectivity index (χ4n) is 4.12. The number of carboxylic acid groups (broad SMARTS) is 1. The molecule has 4 amide bonds. The van der Waals surface area contributed by atoms with Crippen molar-refractivity contribution in [2.45, 2.75) is 43.4 Å². The number of nitrogens with two attached hydrogens (primary N) is 2. The van der Waals surface area contributed by atoms with Crippen LogP contribution in [-0.4, -0.2) is 80.7 Å². The van der Waals surface area contributed by atoms with Crippen LogP contribution < -0.4 is 27.4 Å². The molecule has 2 aromatic carbocycles. The molecule has 1 aromatic heterocycles. The Balaban J connectivity index is 1.79. The van der Waals surface area contributed by atoms with Crippen molar-refractivity contribution in [2.75, 3.05) is 6.61 Å². The molecular formula is C27H32N6O8. The van der Waals surface area contributed by atoms with Gasteiger partial charge < -0.3 is 47.7 Å². The van der Waals surface area contributed by atoms with Crippen LogP contribution in [0.15, 0.2) is 54.7 Å². The van der Waals surface area contributed by atoms with Crippen molar-refractivity contribution in [2.24, 2.45) is 11.5 Å². The summed E-state index contributed by atoms with van der Waals surface area (Å²) in [4.78, 5) is 64.8. The highest BCUT2D eigenvalue weighted by atomic mass is 16.4. The van der Waals surface area contributed by atoms with Gasteiger partial charge in [-0.3, -0.25) is 19.2 Å². The van der Waals surface area contributed by atoms with E-state index in [0.717, 1.165) is 10.9 Å². The maximum absolute atomic E-state index is 13.4. The summed E-state index contributed by atoms with van der Waals surface area (Å²) in [6.45, 7) is -0.868. The second-order valence-corrected chi connectivity index (χ2v) is 9.42. The number of aliphatic hydroxyl groups is 1. The van der Waals surface area contributed by atoms with Crippen LogP contribution in [-0.2, 0) is 36.8 Å². The number of carboxylic acids is 1. The summed E-state index contributed by atoms with van der Waals surface area (Å²) in [6, 6.07) is 7.42. The smallest absolute Gasteiger partial charge is 0.326 e. The van der Waals surface area contributed by atoms with Gasteiger partial charge in [0.05, 0.1) is 19.1 Å². The maximum Gasteiger partial charge on any atom is 0.326 e. The summed E-state index contributed by atoms with van der Waals surface area (Å²) >= 11 is 0. The standard InChI is InChI=1S/C27H32N6O8/c28-18(11-23(29)36)24(37)33-22(13-34)26(39)31-20(9-14-5-7-16(35)8-6-14)25(38)32-21(27(40)41)10-15-12-30-19-4-2-1-3-17(15)19/h1-8,12,18,20-22,30,34-35H,9-11,13,28H2,(H2,29,36)(H,31,39)(H,32,38)(H,33,37)(H,40,41). The fourth-order valence-corrected chi connectivity index (χ4v) is 4.12. The number of hydrogen-bond donors (Lipinski definition) is 9. The van der Waals surface area contributed by atoms with Crippen molar-refractivity contribution in [1.82, 2.24) is 20.9 Å². The first-order valence-corrected chi connectivity index (χ1v) is 12.6. The minimum atomic E-state index is -1.54. The molecule has 3 rings (SSSR count). The molecule has 14 nitrogen and oxygen atoms in total. The zero-order valence-electron chi connectivity index (χ0n) is 21.9. The van der Waals surface area contributed by atoms with Crippen molar-refractivity contribution in [1.29, 1.82) is 0 Å². The second-order valence-electron chi connectivity index (χ2n) is 9.42. The number of para-hydroxylation sites is 1. The molecule has 11 N–H and O–H groups in total. The third kappa shape index (κ3) is 8.52. The van der Waals surface area contributed by atoms with E-state index < -0.39 is 66.8 Å². The lowest BCUT2D eigenvalue weighted by molar-refractivity contribution is -0.142. The van der Waals surface area contributed by atoms with Crippen LogP contribution in [0.2, 0.25) is 0 Å². The van der Waals surface area contributed by atoms with E-state index in [2.05, 4.69) is 20.9 Å². The van der Waals surface area contributed by atoms with Crippen molar-refractivity contribution < 1.29 is 39.3 Å². The molecule has 3 aromatic rings. The number of amides is 4. The van der Waals surface area contributed by atoms with Crippen molar-refractivity contribution in [3.63, 3.8) is 0 Å². The van der Waals surface area contributed by atoms with Gasteiger partial charge in [0.2, 0.25) is 23.6 Å². The number of H-pyrrole nitrogens is 1. The summed E-state index contributed by atoms with van der Waals surface area (Å²) in [5, 5.41) is 37.0. The zero-order valence-corrected chi connectivity index (χ0v) is 21.9. The zero-order chi connectivity index (χ0) is 30.1. The Morgan fingerprint density at radius 2 is 1.44 bits per heavy atom. The average Bonchev–Trinajstić information content (AvgIpc) is 3.34. The highest BCUT2D eigenvalue weighted by Gasteiger charge is 2.31. The van der Waals surface area contributed by atoms with Crippen LogP contribution in [0.4, 0.5) is 0 Å². The molecule has 4 unspecified atom stereocenters. The van der Waals surface area contributed by atoms with Gasteiger partial charge in [-0.05, 0) is 29.3 Å². The minimum absolute atomic E-state index is 0.0289. The fraction of sp³-hybridized carbons (Fsp3) is 0.296. The number of hydrogen-bond acceptors (Lipinski definition) is 8. The number of fused-ring (bicyclic) bond motifs is 1. The highest BCUT2D eigenvalue weighted by Crippen LogP contribution is 2.19. The van der Waals surface area contributed by atoms with Gasteiger partial charge in [0.25, 0.3) is 0 Å². The van der Waals surface area contributed by atoms with Gasteiger partial charge >= 0.3 is 5.97 Å². The Kier molecular flexibility index (Phi) is 10.4. The number of benzene rings is 2. The molecule has 1 heterocycles. The van der Waals surface area contributed by atoms with Gasteiger partial charge in [-0.25, -0.2) is 4.79 Å². The number of phenols is 1. The largest absolute Gasteiger partial charge is 0.508 e. The molecule has 0 fully saturated rings. The Morgan fingerprint density at radius 3 is 2.07 bits per heavy atom. The molecule has 0 aliphatic rings. The van der Waals surface area contributed by atoms with Crippen molar-refractivity contribution >= 4 is 40.5 Å². The molecule has 0 radical (unpaired) electrons. The number of aromatic nitrogens is 1. The van der Waals surface area contributed by atoms with E-state index in [-0.39, 0.29) is 18.6 Å². The SMILES string of the molecule is NC(=O)CC(N)C(=O)NC(CO)C(=O)NC(Cc1ccc(O)cc1)C(=O)NC(Cc1c[nH]c2ccccc12)C(=O)O. The van der Waals surface area contributed by atoms with Crippen molar-refractivity contribution in [3.8, 4) is 5.75 Å². The predicted molar refractivity (Wildman–Crippen MR) is 146 cm³/mol. The Morgan fingerprint density at radius 1 is 0.829 bits per heavy atom. The van der Waals surface area contributed by atoms with E-state index in [4.69, 9.17) is 11.5 Å². The summed E-state index contributed by atoms with van der Waals surface area (Å²) in [7, 11) is 0. The van der Waals surface area contributed by atoms with E-state index in [0.29, 0.717) is 11.1 Å². The quantitative estimate of drug-likeness (QED) is 0.108. The second kappa shape index (κ2) is 13.9. The molecular weight excluding hydrogens is 536 g/mol. The molecule has 0 saturated heterocycles. The molecule has 14 heteroatoms. The molecule has 41 heavy (non-hydrogen) atoms. The van der Waals surface area contributed by atoms with E-state index in [1.54, 1.807) is 12.3 Å². The third-order valence-electron chi connectivity index (χ3n) is 6.30. The lowest BCUT2D eigenvalue weighted by Crippen LogP contribution is -2.58. The molecule has 0 aliphatic heterocycles. The van der Waals surface area contributed by atoms with Gasteiger partial charge in [-0.1, -0.05) is 30.3 Å². The van der Waals surface area contributed by atoms with E-state index in [1.165, 1.54) is 24.3 Å². The summed E-state index contributed by atoms with van der Waals surface area (Å²) in [5.74, 6) is -4.91. The van der Waals surface area contributed by atoms with Gasteiger partial charge in [-0.2, -0.15) is 0 Å². The monoisotopic (exact) mass is 568 g/mol. The first kappa shape index (κ1) is 30.6. The van der Waals surface area contributed by atoms with Crippen LogP contribution in [0, 0.1) is 0 Å². The third-order valence-corrected chi connectivity index (χ3v) is 6.30. The number of aliphatic hydroxyl groups excluding tert-OH is 1. The van der Waals surface area contributed by atoms with Crippen LogP contribution in [0.25, 0.3) is 10.9 Å². The van der Waals surface area contributed by atoms with Crippen LogP contribution >= 0.6 is 0 Å². The van der Waals surface area contributed by atoms with E-state index >= 15 is 0 Å². The molecule has 0 aliphatic carbocycles. The number of carbonyl (C=O) groups is 5. The highest BCUT2D eigenvalue weighted by molar-refractivity contribution is 5.95. The summed E-state index contributed by atoms with van der Waals surface area (Å²) in [5.41, 5.74) is 12.6. The van der Waals surface area contributed by atoms with Gasteiger partial charge in [0.1, 0.15) is 23.9 Å². The Bertz CT molecular complexity index is 1410. The normalized spacial score (nSPS) is 13.9. The first-order valence-electron chi connectivity index (χ1n) is 12.6. The van der Waals surface area contributed by atoms with E-state index in [1.807, 2.05) is 18.2 Å². The molecule has 218 valence electrons. The Labute approximate surface area is 234 Å². The van der Waals surface area contributed by atoms with Crippen LogP contribution in [0.1, 0.15) is 17.5 Å². The number of aromatic hydroxyl groups is 1. The number of rotatable bonds is 14. The number of carbonyl (C=O) groups excluding carboxylic acids is 4. The number of phenolic OH excluding ortho intramolecular Hbond substituents is 1. The number of aromatic amines is 1. The number of aliphatic carboxylic acids is 1.